The summed E-state index contributed by atoms with van der Waals surface area (Å²) in [6.07, 6.45) is 24.7. The Bertz CT molecular complexity index is 671. The van der Waals surface area contributed by atoms with Crippen molar-refractivity contribution in [3.05, 3.63) is 47.8 Å². The van der Waals surface area contributed by atoms with Crippen molar-refractivity contribution >= 4 is 0 Å². The van der Waals surface area contributed by atoms with Gasteiger partial charge in [-0.2, -0.15) is 0 Å². The number of hydrogen-bond acceptors (Lipinski definition) is 2. The molecule has 0 aliphatic rings. The minimum Gasteiger partial charge on any atom is -0.255 e. The molecule has 0 saturated heterocycles. The van der Waals surface area contributed by atoms with Crippen LogP contribution in [0.5, 0.6) is 0 Å². The molecule has 2 aromatic rings. The molecule has 0 unspecified atom stereocenters. The molecule has 0 spiro atoms. The van der Waals surface area contributed by atoms with Gasteiger partial charge >= 0.3 is 19.5 Å². The first-order valence-corrected chi connectivity index (χ1v) is 12.2. The zero-order valence-electron chi connectivity index (χ0n) is 19.3. The molecule has 0 saturated carbocycles. The number of nitrogens with zero attached hydrogens (tertiary/aromatic N) is 2. The molecule has 2 aromatic heterocycles. The van der Waals surface area contributed by atoms with Crippen molar-refractivity contribution in [1.82, 2.24) is 9.97 Å². The predicted octanol–water partition coefficient (Wildman–Crippen LogP) is 8.47. The van der Waals surface area contributed by atoms with E-state index in [0.717, 1.165) is 17.8 Å². The number of rotatable bonds is 16. The Balaban J connectivity index is 0.00000450. The van der Waals surface area contributed by atoms with Crippen LogP contribution in [0.2, 0.25) is 0 Å². The van der Waals surface area contributed by atoms with Crippen molar-refractivity contribution in [2.24, 2.45) is 0 Å². The van der Waals surface area contributed by atoms with Crippen molar-refractivity contribution in [2.45, 2.75) is 110 Å². The van der Waals surface area contributed by atoms with E-state index in [4.69, 9.17) is 0 Å². The summed E-state index contributed by atoms with van der Waals surface area (Å²) < 4.78 is 0. The topological polar surface area (TPSA) is 25.8 Å². The summed E-state index contributed by atoms with van der Waals surface area (Å²) in [6.45, 7) is 4.39. The van der Waals surface area contributed by atoms with Gasteiger partial charge in [0.1, 0.15) is 0 Å². The fourth-order valence-corrected chi connectivity index (χ4v) is 3.97. The second-order valence-electron chi connectivity index (χ2n) is 8.61. The molecule has 166 valence electrons. The maximum atomic E-state index is 4.51. The Labute approximate surface area is 198 Å². The summed E-state index contributed by atoms with van der Waals surface area (Å²) in [6, 6.07) is 8.51. The van der Waals surface area contributed by atoms with E-state index in [9.17, 15) is 0 Å². The molecule has 0 fully saturated rings. The van der Waals surface area contributed by atoms with E-state index < -0.39 is 0 Å². The van der Waals surface area contributed by atoms with Gasteiger partial charge in [0.05, 0.1) is 11.4 Å². The van der Waals surface area contributed by atoms with E-state index >= 15 is 0 Å². The second kappa shape index (κ2) is 17.6. The van der Waals surface area contributed by atoms with E-state index in [1.807, 2.05) is 18.5 Å². The quantitative estimate of drug-likeness (QED) is 0.172. The third-order valence-electron chi connectivity index (χ3n) is 5.82. The summed E-state index contributed by atoms with van der Waals surface area (Å²) in [5.41, 5.74) is 4.59. The van der Waals surface area contributed by atoms with Gasteiger partial charge in [0.25, 0.3) is 0 Å². The molecule has 0 aliphatic heterocycles. The average Bonchev–Trinajstić information content (AvgIpc) is 2.74. The van der Waals surface area contributed by atoms with Crippen LogP contribution in [0.3, 0.4) is 0 Å². The molecule has 2 nitrogen and oxygen atoms in total. The number of aryl methyl sites for hydroxylation is 2. The van der Waals surface area contributed by atoms with Crippen molar-refractivity contribution in [3.63, 3.8) is 0 Å². The third-order valence-corrected chi connectivity index (χ3v) is 5.82. The molecule has 0 bridgehead atoms. The minimum atomic E-state index is 0. The second-order valence-corrected chi connectivity index (χ2v) is 8.61. The maximum Gasteiger partial charge on any atom is 2.00 e. The Morgan fingerprint density at radius 2 is 1.07 bits per heavy atom. The van der Waals surface area contributed by atoms with Crippen LogP contribution in [0.1, 0.15) is 108 Å². The van der Waals surface area contributed by atoms with E-state index in [1.54, 1.807) is 0 Å². The van der Waals surface area contributed by atoms with Crippen molar-refractivity contribution in [3.8, 4) is 11.4 Å². The van der Waals surface area contributed by atoms with Crippen LogP contribution in [-0.4, -0.2) is 9.97 Å². The predicted molar refractivity (Wildman–Crippen MR) is 126 cm³/mol. The van der Waals surface area contributed by atoms with Crippen molar-refractivity contribution in [2.75, 3.05) is 0 Å². The molecule has 0 aromatic carbocycles. The van der Waals surface area contributed by atoms with Gasteiger partial charge in [0.15, 0.2) is 0 Å². The molecule has 0 atom stereocenters. The summed E-state index contributed by atoms with van der Waals surface area (Å²) in [7, 11) is 0. The molecule has 2 rings (SSSR count). The molecule has 30 heavy (non-hydrogen) atoms. The fourth-order valence-electron chi connectivity index (χ4n) is 3.97. The first kappa shape index (κ1) is 27.0. The van der Waals surface area contributed by atoms with Crippen LogP contribution in [-0.2, 0) is 25.9 Å². The zero-order chi connectivity index (χ0) is 20.6. The first-order valence-electron chi connectivity index (χ1n) is 12.2. The fraction of sp³-hybridized carbons (Fsp3) is 0.630. The number of hydrogen-bond donors (Lipinski definition) is 0. The summed E-state index contributed by atoms with van der Waals surface area (Å²) in [5.74, 6) is 0. The van der Waals surface area contributed by atoms with Gasteiger partial charge in [-0.3, -0.25) is 9.97 Å². The number of unbranched alkanes of at least 4 members (excludes halogenated alkanes) is 13. The summed E-state index contributed by atoms with van der Waals surface area (Å²) >= 11 is 0. The molecule has 2 heterocycles. The molecule has 0 radical (unpaired) electrons. The molecule has 0 N–H and O–H groups in total. The van der Waals surface area contributed by atoms with E-state index in [2.05, 4.69) is 42.0 Å². The van der Waals surface area contributed by atoms with E-state index in [0.29, 0.717) is 0 Å². The van der Waals surface area contributed by atoms with Crippen molar-refractivity contribution < 1.29 is 19.5 Å². The molecule has 0 aliphatic carbocycles. The average molecular weight is 496 g/mol. The van der Waals surface area contributed by atoms with E-state index in [1.165, 1.54) is 101 Å². The van der Waals surface area contributed by atoms with Gasteiger partial charge in [-0.05, 0) is 55.2 Å². The van der Waals surface area contributed by atoms with Gasteiger partial charge in [-0.15, -0.1) is 0 Å². The standard InChI is InChI=1S/C27H42N2.Ru/c1-3-4-5-6-7-8-9-10-11-12-13-14-15-16-17-25-19-21-29-27(23-25)26-22-24(2)18-20-28-26;/h18-23H,3-17H2,1-2H3;/q;+2. The van der Waals surface area contributed by atoms with Gasteiger partial charge in [0.2, 0.25) is 0 Å². The van der Waals surface area contributed by atoms with E-state index in [-0.39, 0.29) is 19.5 Å². The SMILES string of the molecule is CCCCCCCCCCCCCCCCc1ccnc(-c2cc(C)ccn2)c1.[Ru+2]. The monoisotopic (exact) mass is 496 g/mol. The van der Waals surface area contributed by atoms with Crippen LogP contribution >= 0.6 is 0 Å². The molecular weight excluding hydrogens is 453 g/mol. The Hall–Kier alpha value is -1.08. The van der Waals surface area contributed by atoms with Crippen LogP contribution in [0.25, 0.3) is 11.4 Å². The maximum absolute atomic E-state index is 4.51. The minimum absolute atomic E-state index is 0. The van der Waals surface area contributed by atoms with Gasteiger partial charge < -0.3 is 0 Å². The molecular formula is C27H42N2Ru+2. The third kappa shape index (κ3) is 11.9. The van der Waals surface area contributed by atoms with Crippen LogP contribution < -0.4 is 0 Å². The molecule has 0 amide bonds. The van der Waals surface area contributed by atoms with Crippen LogP contribution in [0, 0.1) is 6.92 Å². The largest absolute Gasteiger partial charge is 2.00 e. The zero-order valence-corrected chi connectivity index (χ0v) is 21.1. The van der Waals surface area contributed by atoms with Gasteiger partial charge in [0, 0.05) is 12.4 Å². The van der Waals surface area contributed by atoms with Gasteiger partial charge in [-0.25, -0.2) is 0 Å². The summed E-state index contributed by atoms with van der Waals surface area (Å²) in [5, 5.41) is 0. The summed E-state index contributed by atoms with van der Waals surface area (Å²) in [4.78, 5) is 8.97. The number of aromatic nitrogens is 2. The molecule has 3 heteroatoms. The normalized spacial score (nSPS) is 10.7. The Kier molecular flexibility index (Phi) is 15.8. The first-order chi connectivity index (χ1) is 14.3. The number of pyridine rings is 2. The van der Waals surface area contributed by atoms with Crippen LogP contribution in [0.15, 0.2) is 36.7 Å². The Morgan fingerprint density at radius 1 is 0.600 bits per heavy atom. The van der Waals surface area contributed by atoms with Crippen molar-refractivity contribution in [1.29, 1.82) is 0 Å². The Morgan fingerprint density at radius 3 is 1.60 bits per heavy atom. The van der Waals surface area contributed by atoms with Gasteiger partial charge in [-0.1, -0.05) is 90.4 Å². The van der Waals surface area contributed by atoms with Crippen LogP contribution in [0.4, 0.5) is 0 Å². The smallest absolute Gasteiger partial charge is 0.255 e.